The molecule has 1 unspecified atom stereocenters. The zero-order valence-corrected chi connectivity index (χ0v) is 10.3. The lowest BCUT2D eigenvalue weighted by atomic mass is 9.98. The number of carboxylic acids is 1. The zero-order chi connectivity index (χ0) is 11.8. The summed E-state index contributed by atoms with van der Waals surface area (Å²) in [5.74, 6) is 0.206. The van der Waals surface area contributed by atoms with E-state index in [1.165, 1.54) is 0 Å². The first-order chi connectivity index (χ1) is 6.93. The van der Waals surface area contributed by atoms with Crippen LogP contribution in [0.25, 0.3) is 0 Å². The molecule has 4 nitrogen and oxygen atoms in total. The van der Waals surface area contributed by atoms with Crippen LogP contribution in [0, 0.1) is 11.8 Å². The molecule has 0 saturated carbocycles. The second-order valence-electron chi connectivity index (χ2n) is 3.91. The third-order valence-corrected chi connectivity index (χ3v) is 3.14. The Bertz CT molecular complexity index is 219. The van der Waals surface area contributed by atoms with Crippen LogP contribution in [0.3, 0.4) is 0 Å². The maximum atomic E-state index is 11.2. The number of amides is 1. The van der Waals surface area contributed by atoms with Crippen LogP contribution >= 0.6 is 11.8 Å². The normalized spacial score (nSPS) is 12.5. The largest absolute Gasteiger partial charge is 0.481 e. The van der Waals surface area contributed by atoms with Crippen molar-refractivity contribution >= 4 is 23.6 Å². The van der Waals surface area contributed by atoms with Crippen LogP contribution in [0.1, 0.15) is 20.8 Å². The number of thioether (sulfide) groups is 1. The predicted octanol–water partition coefficient (Wildman–Crippen LogP) is 1.21. The lowest BCUT2D eigenvalue weighted by Crippen LogP contribution is -2.31. The minimum atomic E-state index is -0.886. The van der Waals surface area contributed by atoms with Crippen LogP contribution in [0.4, 0.5) is 0 Å². The monoisotopic (exact) mass is 233 g/mol. The Morgan fingerprint density at radius 1 is 1.27 bits per heavy atom. The highest BCUT2D eigenvalue weighted by molar-refractivity contribution is 8.00. The second kappa shape index (κ2) is 7.56. The van der Waals surface area contributed by atoms with E-state index in [2.05, 4.69) is 26.1 Å². The van der Waals surface area contributed by atoms with E-state index in [9.17, 15) is 9.59 Å². The summed E-state index contributed by atoms with van der Waals surface area (Å²) in [5, 5.41) is 11.1. The summed E-state index contributed by atoms with van der Waals surface area (Å²) < 4.78 is 0. The molecule has 0 fully saturated rings. The molecule has 0 rings (SSSR count). The minimum absolute atomic E-state index is 0.0207. The second-order valence-corrected chi connectivity index (χ2v) is 4.90. The molecule has 0 aromatic carbocycles. The van der Waals surface area contributed by atoms with Gasteiger partial charge >= 0.3 is 5.97 Å². The van der Waals surface area contributed by atoms with Gasteiger partial charge < -0.3 is 10.4 Å². The van der Waals surface area contributed by atoms with E-state index in [-0.39, 0.29) is 17.4 Å². The summed E-state index contributed by atoms with van der Waals surface area (Å²) in [7, 11) is 0. The van der Waals surface area contributed by atoms with Crippen molar-refractivity contribution in [1.29, 1.82) is 0 Å². The van der Waals surface area contributed by atoms with Crippen molar-refractivity contribution in [3.8, 4) is 0 Å². The SMILES string of the molecule is CC(C)C(C)CNC(=O)CSCC(=O)O. The van der Waals surface area contributed by atoms with Crippen molar-refractivity contribution in [1.82, 2.24) is 5.32 Å². The summed E-state index contributed by atoms with van der Waals surface area (Å²) in [6.45, 7) is 6.95. The Labute approximate surface area is 94.8 Å². The average Bonchev–Trinajstić information content (AvgIpc) is 2.13. The molecule has 0 aromatic rings. The fraction of sp³-hybridized carbons (Fsp3) is 0.800. The first-order valence-corrected chi connectivity index (χ1v) is 6.15. The molecule has 0 spiro atoms. The number of carbonyl (C=O) groups excluding carboxylic acids is 1. The molecule has 5 heteroatoms. The number of carbonyl (C=O) groups is 2. The first kappa shape index (κ1) is 14.3. The van der Waals surface area contributed by atoms with Crippen molar-refractivity contribution in [2.75, 3.05) is 18.1 Å². The molecule has 0 aromatic heterocycles. The molecule has 0 bridgehead atoms. The zero-order valence-electron chi connectivity index (χ0n) is 9.45. The highest BCUT2D eigenvalue weighted by Gasteiger charge is 2.09. The predicted molar refractivity (Wildman–Crippen MR) is 62.0 cm³/mol. The van der Waals surface area contributed by atoms with Crippen molar-refractivity contribution in [2.45, 2.75) is 20.8 Å². The van der Waals surface area contributed by atoms with E-state index < -0.39 is 5.97 Å². The molecule has 1 atom stereocenters. The van der Waals surface area contributed by atoms with Crippen LogP contribution < -0.4 is 5.32 Å². The van der Waals surface area contributed by atoms with Crippen molar-refractivity contribution < 1.29 is 14.7 Å². The van der Waals surface area contributed by atoms with Crippen LogP contribution in [0.15, 0.2) is 0 Å². The summed E-state index contributed by atoms with van der Waals surface area (Å²) in [6.07, 6.45) is 0. The molecule has 1 amide bonds. The van der Waals surface area contributed by atoms with E-state index in [4.69, 9.17) is 5.11 Å². The third-order valence-electron chi connectivity index (χ3n) is 2.22. The highest BCUT2D eigenvalue weighted by Crippen LogP contribution is 2.07. The Morgan fingerprint density at radius 2 is 1.87 bits per heavy atom. The molecule has 0 saturated heterocycles. The molecule has 0 radical (unpaired) electrons. The van der Waals surface area contributed by atoms with Gasteiger partial charge in [-0.2, -0.15) is 0 Å². The Balaban J connectivity index is 3.53. The van der Waals surface area contributed by atoms with Gasteiger partial charge in [0.15, 0.2) is 0 Å². The molecule has 15 heavy (non-hydrogen) atoms. The van der Waals surface area contributed by atoms with Gasteiger partial charge in [0.1, 0.15) is 0 Å². The van der Waals surface area contributed by atoms with Crippen molar-refractivity contribution in [2.24, 2.45) is 11.8 Å². The lowest BCUT2D eigenvalue weighted by Gasteiger charge is -2.15. The molecule has 0 aliphatic carbocycles. The fourth-order valence-corrected chi connectivity index (χ4v) is 1.36. The lowest BCUT2D eigenvalue weighted by molar-refractivity contribution is -0.133. The summed E-state index contributed by atoms with van der Waals surface area (Å²) in [6, 6.07) is 0. The summed E-state index contributed by atoms with van der Waals surface area (Å²) >= 11 is 1.12. The van der Waals surface area contributed by atoms with E-state index in [0.717, 1.165) is 11.8 Å². The van der Waals surface area contributed by atoms with Crippen LogP contribution in [0.5, 0.6) is 0 Å². The van der Waals surface area contributed by atoms with Crippen LogP contribution in [-0.4, -0.2) is 35.0 Å². The standard InChI is InChI=1S/C10H19NO3S/c1-7(2)8(3)4-11-9(12)5-15-6-10(13)14/h7-8H,4-6H2,1-3H3,(H,11,12)(H,13,14). The molecule has 2 N–H and O–H groups in total. The van der Waals surface area contributed by atoms with E-state index in [1.807, 2.05) is 0 Å². The van der Waals surface area contributed by atoms with Gasteiger partial charge in [-0.05, 0) is 11.8 Å². The number of aliphatic carboxylic acids is 1. The molecular formula is C10H19NO3S. The van der Waals surface area contributed by atoms with E-state index in [0.29, 0.717) is 18.4 Å². The molecule has 0 aliphatic heterocycles. The maximum absolute atomic E-state index is 11.2. The van der Waals surface area contributed by atoms with Gasteiger partial charge in [-0.3, -0.25) is 9.59 Å². The summed E-state index contributed by atoms with van der Waals surface area (Å²) in [5.41, 5.74) is 0. The topological polar surface area (TPSA) is 66.4 Å². The van der Waals surface area contributed by atoms with Crippen molar-refractivity contribution in [3.05, 3.63) is 0 Å². The van der Waals surface area contributed by atoms with Crippen molar-refractivity contribution in [3.63, 3.8) is 0 Å². The fourth-order valence-electron chi connectivity index (χ4n) is 0.793. The Morgan fingerprint density at radius 3 is 2.33 bits per heavy atom. The number of rotatable bonds is 7. The van der Waals surface area contributed by atoms with Gasteiger partial charge in [-0.1, -0.05) is 20.8 Å². The number of hydrogen-bond donors (Lipinski definition) is 2. The Kier molecular flexibility index (Phi) is 7.21. The number of nitrogens with one attached hydrogen (secondary N) is 1. The number of hydrogen-bond acceptors (Lipinski definition) is 3. The Hall–Kier alpha value is -0.710. The average molecular weight is 233 g/mol. The molecule has 0 heterocycles. The van der Waals surface area contributed by atoms with Gasteiger partial charge in [-0.25, -0.2) is 0 Å². The van der Waals surface area contributed by atoms with Crippen LogP contribution in [0.2, 0.25) is 0 Å². The molecular weight excluding hydrogens is 214 g/mol. The third kappa shape index (κ3) is 8.30. The van der Waals surface area contributed by atoms with Gasteiger partial charge in [0, 0.05) is 6.54 Å². The first-order valence-electron chi connectivity index (χ1n) is 4.99. The van der Waals surface area contributed by atoms with Gasteiger partial charge in [0.05, 0.1) is 11.5 Å². The molecule has 88 valence electrons. The highest BCUT2D eigenvalue weighted by atomic mass is 32.2. The summed E-state index contributed by atoms with van der Waals surface area (Å²) in [4.78, 5) is 21.4. The van der Waals surface area contributed by atoms with Gasteiger partial charge in [-0.15, -0.1) is 11.8 Å². The van der Waals surface area contributed by atoms with Crippen LogP contribution in [-0.2, 0) is 9.59 Å². The van der Waals surface area contributed by atoms with E-state index in [1.54, 1.807) is 0 Å². The number of carboxylic acid groups (broad SMARTS) is 1. The smallest absolute Gasteiger partial charge is 0.313 e. The molecule has 0 aliphatic rings. The van der Waals surface area contributed by atoms with Gasteiger partial charge in [0.25, 0.3) is 0 Å². The maximum Gasteiger partial charge on any atom is 0.313 e. The minimum Gasteiger partial charge on any atom is -0.481 e. The van der Waals surface area contributed by atoms with E-state index >= 15 is 0 Å². The van der Waals surface area contributed by atoms with Gasteiger partial charge in [0.2, 0.25) is 5.91 Å². The quantitative estimate of drug-likeness (QED) is 0.693.